The van der Waals surface area contributed by atoms with E-state index in [2.05, 4.69) is 21.7 Å². The minimum Gasteiger partial charge on any atom is -0.330 e. The Morgan fingerprint density at radius 3 is 2.69 bits per heavy atom. The van der Waals surface area contributed by atoms with Crippen molar-refractivity contribution in [1.82, 2.24) is 9.55 Å². The number of rotatable bonds is 4. The van der Waals surface area contributed by atoms with Crippen molar-refractivity contribution < 1.29 is 5.11 Å². The van der Waals surface area contributed by atoms with Gasteiger partial charge in [-0.15, -0.1) is 0 Å². The molecular weight excluding hydrogens is 200 g/mol. The Morgan fingerprint density at radius 1 is 1.25 bits per heavy atom. The zero-order chi connectivity index (χ0) is 11.4. The average Bonchev–Trinajstić information content (AvgIpc) is 2.61. The SMILES string of the molecule is Cc1nc(CC[O])cn1Cc1ccccc1. The molecule has 0 saturated carbocycles. The van der Waals surface area contributed by atoms with Gasteiger partial charge in [-0.1, -0.05) is 30.3 Å². The Balaban J connectivity index is 2.15. The lowest BCUT2D eigenvalue weighted by Crippen LogP contribution is -2.00. The van der Waals surface area contributed by atoms with Crippen LogP contribution in [0.3, 0.4) is 0 Å². The van der Waals surface area contributed by atoms with Gasteiger partial charge in [0.2, 0.25) is 0 Å². The largest absolute Gasteiger partial charge is 0.330 e. The Labute approximate surface area is 95.4 Å². The summed E-state index contributed by atoms with van der Waals surface area (Å²) in [6.45, 7) is 2.69. The van der Waals surface area contributed by atoms with E-state index in [1.165, 1.54) is 5.56 Å². The quantitative estimate of drug-likeness (QED) is 0.770. The molecule has 0 fully saturated rings. The van der Waals surface area contributed by atoms with E-state index in [4.69, 9.17) is 0 Å². The molecule has 1 aromatic heterocycles. The van der Waals surface area contributed by atoms with Gasteiger partial charge in [-0.25, -0.2) is 10.1 Å². The van der Waals surface area contributed by atoms with Crippen LogP contribution in [0.4, 0.5) is 0 Å². The highest BCUT2D eigenvalue weighted by molar-refractivity contribution is 5.16. The van der Waals surface area contributed by atoms with Gasteiger partial charge in [0.1, 0.15) is 5.82 Å². The van der Waals surface area contributed by atoms with Crippen molar-refractivity contribution in [3.05, 3.63) is 53.6 Å². The number of aromatic nitrogens is 2. The molecule has 0 saturated heterocycles. The average molecular weight is 215 g/mol. The highest BCUT2D eigenvalue weighted by atomic mass is 16.3. The van der Waals surface area contributed by atoms with E-state index in [0.29, 0.717) is 6.42 Å². The smallest absolute Gasteiger partial charge is 0.106 e. The highest BCUT2D eigenvalue weighted by Crippen LogP contribution is 2.07. The maximum atomic E-state index is 10.5. The lowest BCUT2D eigenvalue weighted by atomic mass is 10.2. The van der Waals surface area contributed by atoms with Crippen LogP contribution in [-0.2, 0) is 18.1 Å². The molecule has 0 atom stereocenters. The number of benzene rings is 1. The van der Waals surface area contributed by atoms with Crippen molar-refractivity contribution in [3.63, 3.8) is 0 Å². The van der Waals surface area contributed by atoms with Crippen LogP contribution in [-0.4, -0.2) is 16.2 Å². The molecular formula is C13H15N2O. The molecule has 0 bridgehead atoms. The Kier molecular flexibility index (Phi) is 3.37. The molecule has 1 heterocycles. The molecule has 3 heteroatoms. The molecule has 2 aromatic rings. The van der Waals surface area contributed by atoms with E-state index in [9.17, 15) is 5.11 Å². The van der Waals surface area contributed by atoms with Gasteiger partial charge in [0.05, 0.1) is 12.3 Å². The van der Waals surface area contributed by atoms with Crippen molar-refractivity contribution in [2.75, 3.05) is 6.61 Å². The number of hydrogen-bond acceptors (Lipinski definition) is 1. The zero-order valence-corrected chi connectivity index (χ0v) is 9.39. The summed E-state index contributed by atoms with van der Waals surface area (Å²) in [6, 6.07) is 10.2. The minimum absolute atomic E-state index is 0.0954. The summed E-state index contributed by atoms with van der Waals surface area (Å²) >= 11 is 0. The molecule has 0 amide bonds. The van der Waals surface area contributed by atoms with E-state index in [0.717, 1.165) is 18.1 Å². The third-order valence-corrected chi connectivity index (χ3v) is 2.58. The summed E-state index contributed by atoms with van der Waals surface area (Å²) in [5.74, 6) is 0.965. The van der Waals surface area contributed by atoms with Crippen LogP contribution in [0, 0.1) is 6.92 Å². The second-order valence-corrected chi connectivity index (χ2v) is 3.85. The number of nitrogens with zero attached hydrogens (tertiary/aromatic N) is 2. The van der Waals surface area contributed by atoms with Crippen molar-refractivity contribution >= 4 is 0 Å². The number of imidazole rings is 1. The predicted molar refractivity (Wildman–Crippen MR) is 61.8 cm³/mol. The molecule has 0 aliphatic rings. The predicted octanol–water partition coefficient (Wildman–Crippen LogP) is 2.21. The van der Waals surface area contributed by atoms with Gasteiger partial charge < -0.3 is 4.57 Å². The fourth-order valence-corrected chi connectivity index (χ4v) is 1.74. The normalized spacial score (nSPS) is 10.6. The Bertz CT molecular complexity index is 448. The number of hydrogen-bond donors (Lipinski definition) is 0. The fourth-order valence-electron chi connectivity index (χ4n) is 1.74. The van der Waals surface area contributed by atoms with Gasteiger partial charge in [0.25, 0.3) is 0 Å². The van der Waals surface area contributed by atoms with Crippen LogP contribution in [0.15, 0.2) is 36.5 Å². The molecule has 83 valence electrons. The van der Waals surface area contributed by atoms with Crippen LogP contribution < -0.4 is 0 Å². The van der Waals surface area contributed by atoms with E-state index in [-0.39, 0.29) is 6.61 Å². The van der Waals surface area contributed by atoms with Crippen LogP contribution in [0.1, 0.15) is 17.1 Å². The lowest BCUT2D eigenvalue weighted by Gasteiger charge is -2.04. The van der Waals surface area contributed by atoms with Gasteiger partial charge in [-0.05, 0) is 12.5 Å². The Morgan fingerprint density at radius 2 is 2.00 bits per heavy atom. The molecule has 0 unspecified atom stereocenters. The third-order valence-electron chi connectivity index (χ3n) is 2.58. The summed E-state index contributed by atoms with van der Waals surface area (Å²) < 4.78 is 2.08. The van der Waals surface area contributed by atoms with Crippen LogP contribution >= 0.6 is 0 Å². The third kappa shape index (κ3) is 2.49. The molecule has 0 aliphatic heterocycles. The molecule has 0 aliphatic carbocycles. The first-order valence-electron chi connectivity index (χ1n) is 5.44. The van der Waals surface area contributed by atoms with Crippen LogP contribution in [0.2, 0.25) is 0 Å². The van der Waals surface area contributed by atoms with Gasteiger partial charge >= 0.3 is 0 Å². The summed E-state index contributed by atoms with van der Waals surface area (Å²) in [6.07, 6.45) is 2.49. The summed E-state index contributed by atoms with van der Waals surface area (Å²) in [4.78, 5) is 4.36. The first-order valence-corrected chi connectivity index (χ1v) is 5.44. The number of aryl methyl sites for hydroxylation is 1. The van der Waals surface area contributed by atoms with Gasteiger partial charge in [0, 0.05) is 19.2 Å². The van der Waals surface area contributed by atoms with Crippen molar-refractivity contribution in [2.45, 2.75) is 19.9 Å². The summed E-state index contributed by atoms with van der Waals surface area (Å²) in [5.41, 5.74) is 2.14. The first kappa shape index (κ1) is 10.9. The monoisotopic (exact) mass is 215 g/mol. The molecule has 1 aromatic carbocycles. The van der Waals surface area contributed by atoms with Crippen LogP contribution in [0.5, 0.6) is 0 Å². The second-order valence-electron chi connectivity index (χ2n) is 3.85. The van der Waals surface area contributed by atoms with E-state index < -0.39 is 0 Å². The van der Waals surface area contributed by atoms with Crippen molar-refractivity contribution in [3.8, 4) is 0 Å². The fraction of sp³-hybridized carbons (Fsp3) is 0.308. The topological polar surface area (TPSA) is 37.7 Å². The van der Waals surface area contributed by atoms with Crippen molar-refractivity contribution in [1.29, 1.82) is 0 Å². The molecule has 0 spiro atoms. The first-order chi connectivity index (χ1) is 7.79. The summed E-state index contributed by atoms with van der Waals surface area (Å²) in [5, 5.41) is 10.5. The maximum absolute atomic E-state index is 10.5. The van der Waals surface area contributed by atoms with Crippen LogP contribution in [0.25, 0.3) is 0 Å². The molecule has 2 rings (SSSR count). The Hall–Kier alpha value is -1.61. The highest BCUT2D eigenvalue weighted by Gasteiger charge is 2.04. The summed E-state index contributed by atoms with van der Waals surface area (Å²) in [7, 11) is 0. The maximum Gasteiger partial charge on any atom is 0.106 e. The standard InChI is InChI=1S/C13H15N2O/c1-11-14-13(7-8-16)10-15(11)9-12-5-3-2-4-6-12/h2-6,10H,7-9H2,1H3. The van der Waals surface area contributed by atoms with E-state index >= 15 is 0 Å². The molecule has 3 nitrogen and oxygen atoms in total. The molecule has 1 radical (unpaired) electrons. The second kappa shape index (κ2) is 4.94. The van der Waals surface area contributed by atoms with E-state index in [1.54, 1.807) is 0 Å². The van der Waals surface area contributed by atoms with Crippen molar-refractivity contribution in [2.24, 2.45) is 0 Å². The van der Waals surface area contributed by atoms with Gasteiger partial charge in [0.15, 0.2) is 0 Å². The van der Waals surface area contributed by atoms with Gasteiger partial charge in [-0.3, -0.25) is 0 Å². The van der Waals surface area contributed by atoms with Gasteiger partial charge in [-0.2, -0.15) is 0 Å². The molecule has 16 heavy (non-hydrogen) atoms. The van der Waals surface area contributed by atoms with E-state index in [1.807, 2.05) is 31.3 Å². The lowest BCUT2D eigenvalue weighted by molar-refractivity contribution is 0.196. The minimum atomic E-state index is -0.0954. The molecule has 0 N–H and O–H groups in total. The zero-order valence-electron chi connectivity index (χ0n) is 9.39.